The second kappa shape index (κ2) is 6.57. The van der Waals surface area contributed by atoms with E-state index in [2.05, 4.69) is 4.98 Å². The number of aliphatic hydroxyl groups excluding tert-OH is 1. The largest absolute Gasteiger partial charge is 0.416 e. The lowest BCUT2D eigenvalue weighted by Gasteiger charge is -2.23. The predicted molar refractivity (Wildman–Crippen MR) is 70.0 cm³/mol. The van der Waals surface area contributed by atoms with Gasteiger partial charge in [0.2, 0.25) is 0 Å². The van der Waals surface area contributed by atoms with Crippen LogP contribution in [0.5, 0.6) is 0 Å². The number of aromatic nitrogens is 1. The third-order valence-corrected chi connectivity index (χ3v) is 4.09. The average molecular weight is 287 g/mol. The Bertz CT molecular complexity index is 427. The van der Waals surface area contributed by atoms with Gasteiger partial charge in [-0.2, -0.15) is 13.2 Å². The monoisotopic (exact) mass is 287 g/mol. The van der Waals surface area contributed by atoms with Crippen LogP contribution in [0.1, 0.15) is 62.2 Å². The van der Waals surface area contributed by atoms with Crippen LogP contribution in [0.15, 0.2) is 18.5 Å². The molecule has 0 aliphatic heterocycles. The topological polar surface area (TPSA) is 33.1 Å². The van der Waals surface area contributed by atoms with Crippen molar-refractivity contribution in [2.75, 3.05) is 0 Å². The van der Waals surface area contributed by atoms with Gasteiger partial charge in [-0.1, -0.05) is 32.1 Å². The van der Waals surface area contributed by atoms with E-state index in [-0.39, 0.29) is 5.56 Å². The number of hydrogen-bond donors (Lipinski definition) is 1. The fourth-order valence-electron chi connectivity index (χ4n) is 2.96. The van der Waals surface area contributed by atoms with Crippen LogP contribution in [0.2, 0.25) is 0 Å². The molecule has 1 saturated carbocycles. The highest BCUT2D eigenvalue weighted by Crippen LogP contribution is 2.36. The highest BCUT2D eigenvalue weighted by Gasteiger charge is 2.35. The molecule has 0 bridgehead atoms. The number of pyridine rings is 1. The van der Waals surface area contributed by atoms with Crippen molar-refractivity contribution in [1.82, 2.24) is 4.98 Å². The predicted octanol–water partition coefficient (Wildman–Crippen LogP) is 4.49. The van der Waals surface area contributed by atoms with Gasteiger partial charge in [0.25, 0.3) is 0 Å². The molecular weight excluding hydrogens is 267 g/mol. The summed E-state index contributed by atoms with van der Waals surface area (Å²) in [5.74, 6) is 0.546. The maximum absolute atomic E-state index is 12.9. The molecule has 1 N–H and O–H groups in total. The van der Waals surface area contributed by atoms with E-state index in [1.165, 1.54) is 19.3 Å². The van der Waals surface area contributed by atoms with Crippen molar-refractivity contribution in [3.8, 4) is 0 Å². The Morgan fingerprint density at radius 2 is 1.95 bits per heavy atom. The molecule has 1 aromatic rings. The lowest BCUT2D eigenvalue weighted by Crippen LogP contribution is -2.14. The maximum atomic E-state index is 12.9. The Morgan fingerprint density at radius 1 is 1.25 bits per heavy atom. The molecule has 1 aliphatic carbocycles. The first-order chi connectivity index (χ1) is 9.48. The average Bonchev–Trinajstić information content (AvgIpc) is 2.45. The minimum atomic E-state index is -4.44. The van der Waals surface area contributed by atoms with E-state index in [4.69, 9.17) is 0 Å². The number of hydrogen-bond acceptors (Lipinski definition) is 2. The van der Waals surface area contributed by atoms with E-state index >= 15 is 0 Å². The Kier molecular flexibility index (Phi) is 5.02. The van der Waals surface area contributed by atoms with Crippen LogP contribution in [-0.4, -0.2) is 10.1 Å². The lowest BCUT2D eigenvalue weighted by atomic mass is 9.85. The number of halogens is 3. The molecule has 0 spiro atoms. The van der Waals surface area contributed by atoms with E-state index < -0.39 is 17.8 Å². The molecular formula is C15H20F3NO. The van der Waals surface area contributed by atoms with Crippen LogP contribution in [-0.2, 0) is 6.18 Å². The van der Waals surface area contributed by atoms with Crippen LogP contribution < -0.4 is 0 Å². The van der Waals surface area contributed by atoms with Crippen molar-refractivity contribution < 1.29 is 18.3 Å². The summed E-state index contributed by atoms with van der Waals surface area (Å²) in [5, 5.41) is 10.1. The summed E-state index contributed by atoms with van der Waals surface area (Å²) >= 11 is 0. The van der Waals surface area contributed by atoms with Crippen LogP contribution >= 0.6 is 0 Å². The second-order valence-electron chi connectivity index (χ2n) is 5.56. The van der Waals surface area contributed by atoms with Gasteiger partial charge in [0.15, 0.2) is 0 Å². The molecule has 0 saturated heterocycles. The van der Waals surface area contributed by atoms with E-state index in [1.54, 1.807) is 0 Å². The highest BCUT2D eigenvalue weighted by atomic mass is 19.4. The van der Waals surface area contributed by atoms with Gasteiger partial charge >= 0.3 is 6.18 Å². The zero-order chi connectivity index (χ0) is 14.6. The van der Waals surface area contributed by atoms with Gasteiger partial charge in [-0.15, -0.1) is 0 Å². The summed E-state index contributed by atoms with van der Waals surface area (Å²) in [6, 6.07) is 0.930. The van der Waals surface area contributed by atoms with Crippen LogP contribution in [0, 0.1) is 5.92 Å². The number of rotatable bonds is 4. The second-order valence-corrected chi connectivity index (χ2v) is 5.56. The zero-order valence-electron chi connectivity index (χ0n) is 11.4. The van der Waals surface area contributed by atoms with Crippen molar-refractivity contribution in [2.24, 2.45) is 5.92 Å². The van der Waals surface area contributed by atoms with Crippen LogP contribution in [0.3, 0.4) is 0 Å². The first-order valence-electron chi connectivity index (χ1n) is 7.17. The summed E-state index contributed by atoms with van der Waals surface area (Å²) in [6.45, 7) is 0. The van der Waals surface area contributed by atoms with E-state index in [0.29, 0.717) is 12.3 Å². The molecule has 1 atom stereocenters. The fourth-order valence-corrected chi connectivity index (χ4v) is 2.96. The highest BCUT2D eigenvalue weighted by molar-refractivity contribution is 5.28. The molecule has 20 heavy (non-hydrogen) atoms. The van der Waals surface area contributed by atoms with Gasteiger partial charge in [-0.05, 0) is 24.8 Å². The third kappa shape index (κ3) is 3.95. The Labute approximate surface area is 117 Å². The fraction of sp³-hybridized carbons (Fsp3) is 0.667. The molecule has 2 nitrogen and oxygen atoms in total. The number of nitrogens with zero attached hydrogens (tertiary/aromatic N) is 1. The SMILES string of the molecule is OC(CCC1CCCCC1)c1cnccc1C(F)(F)F. The molecule has 0 radical (unpaired) electrons. The molecule has 1 fully saturated rings. The van der Waals surface area contributed by atoms with Gasteiger partial charge in [0.1, 0.15) is 0 Å². The Hall–Kier alpha value is -1.10. The number of aliphatic hydroxyl groups is 1. The Balaban J connectivity index is 2.00. The molecule has 1 aromatic heterocycles. The third-order valence-electron chi connectivity index (χ3n) is 4.09. The zero-order valence-corrected chi connectivity index (χ0v) is 11.4. The molecule has 1 aliphatic rings. The molecule has 0 amide bonds. The molecule has 0 aromatic carbocycles. The van der Waals surface area contributed by atoms with E-state index in [1.807, 2.05) is 0 Å². The minimum absolute atomic E-state index is 0.101. The smallest absolute Gasteiger partial charge is 0.388 e. The van der Waals surface area contributed by atoms with Gasteiger partial charge in [0, 0.05) is 18.0 Å². The van der Waals surface area contributed by atoms with Gasteiger partial charge in [-0.3, -0.25) is 4.98 Å². The van der Waals surface area contributed by atoms with Crippen molar-refractivity contribution in [3.63, 3.8) is 0 Å². The van der Waals surface area contributed by atoms with E-state index in [9.17, 15) is 18.3 Å². The van der Waals surface area contributed by atoms with Gasteiger partial charge in [0.05, 0.1) is 11.7 Å². The van der Waals surface area contributed by atoms with Gasteiger partial charge in [-0.25, -0.2) is 0 Å². The van der Waals surface area contributed by atoms with E-state index in [0.717, 1.165) is 37.7 Å². The summed E-state index contributed by atoms with van der Waals surface area (Å²) in [7, 11) is 0. The minimum Gasteiger partial charge on any atom is -0.388 e. The summed E-state index contributed by atoms with van der Waals surface area (Å²) < 4.78 is 38.6. The van der Waals surface area contributed by atoms with Crippen molar-refractivity contribution >= 4 is 0 Å². The van der Waals surface area contributed by atoms with Crippen LogP contribution in [0.25, 0.3) is 0 Å². The molecule has 5 heteroatoms. The maximum Gasteiger partial charge on any atom is 0.416 e. The first kappa shape index (κ1) is 15.3. The van der Waals surface area contributed by atoms with Crippen molar-refractivity contribution in [1.29, 1.82) is 0 Å². The molecule has 2 rings (SSSR count). The molecule has 1 unspecified atom stereocenters. The summed E-state index contributed by atoms with van der Waals surface area (Å²) in [6.07, 6.45) is 3.79. The quantitative estimate of drug-likeness (QED) is 0.884. The summed E-state index contributed by atoms with van der Waals surface area (Å²) in [4.78, 5) is 3.71. The van der Waals surface area contributed by atoms with Crippen molar-refractivity contribution in [3.05, 3.63) is 29.6 Å². The number of alkyl halides is 3. The normalized spacial score (nSPS) is 19.0. The van der Waals surface area contributed by atoms with Crippen molar-refractivity contribution in [2.45, 2.75) is 57.2 Å². The van der Waals surface area contributed by atoms with Gasteiger partial charge < -0.3 is 5.11 Å². The Morgan fingerprint density at radius 3 is 2.60 bits per heavy atom. The lowest BCUT2D eigenvalue weighted by molar-refractivity contribution is -0.139. The summed E-state index contributed by atoms with van der Waals surface area (Å²) in [5.41, 5.74) is -0.876. The first-order valence-corrected chi connectivity index (χ1v) is 7.17. The molecule has 112 valence electrons. The molecule has 1 heterocycles. The standard InChI is InChI=1S/C15H20F3NO/c16-15(17,18)13-8-9-19-10-12(13)14(20)7-6-11-4-2-1-3-5-11/h8-11,14,20H,1-7H2. The van der Waals surface area contributed by atoms with Crippen LogP contribution in [0.4, 0.5) is 13.2 Å².